The van der Waals surface area contributed by atoms with E-state index < -0.39 is 0 Å². The van der Waals surface area contributed by atoms with Crippen LogP contribution in [-0.2, 0) is 0 Å². The number of benzene rings is 1. The number of nitrogens with one attached hydrogen (secondary N) is 2. The molecule has 5 rings (SSSR count). The van der Waals surface area contributed by atoms with Crippen molar-refractivity contribution in [3.05, 3.63) is 54.7 Å². The van der Waals surface area contributed by atoms with Crippen LogP contribution in [0.1, 0.15) is 38.5 Å². The molecule has 3 heterocycles. The van der Waals surface area contributed by atoms with Gasteiger partial charge in [0.2, 0.25) is 5.95 Å². The predicted octanol–water partition coefficient (Wildman–Crippen LogP) is 4.29. The lowest BCUT2D eigenvalue weighted by Crippen LogP contribution is -2.23. The van der Waals surface area contributed by atoms with Gasteiger partial charge in [0, 0.05) is 30.9 Å². The first-order valence-corrected chi connectivity index (χ1v) is 13.2. The van der Waals surface area contributed by atoms with Gasteiger partial charge in [0.05, 0.1) is 23.9 Å². The van der Waals surface area contributed by atoms with Gasteiger partial charge < -0.3 is 26.8 Å². The molecule has 4 aromatic rings. The van der Waals surface area contributed by atoms with Crippen LogP contribution >= 0.6 is 0 Å². The van der Waals surface area contributed by atoms with Crippen LogP contribution in [0, 0.1) is 0 Å². The smallest absolute Gasteiger partial charge is 0.223 e. The summed E-state index contributed by atoms with van der Waals surface area (Å²) in [5.74, 6) is 2.49. The summed E-state index contributed by atoms with van der Waals surface area (Å²) in [6, 6.07) is 16.5. The standard InChI is InChI=1S/C28H35N9O/c1-38-21-13-11-19(12-14-21)26-25(22-15-18-33-28(35-22)34-20-7-2-3-8-20)23-9-6-10-24(37(23)36-26)31-16-4-5-17-32-27(29)30/h6,9-15,18,20,31H,2-5,7-8,16-17H2,1H3,(H4,29,30,32)(H,33,34,35). The molecule has 6 N–H and O–H groups in total. The first-order chi connectivity index (χ1) is 18.6. The highest BCUT2D eigenvalue weighted by Crippen LogP contribution is 2.36. The number of aromatic nitrogens is 4. The van der Waals surface area contributed by atoms with Crippen molar-refractivity contribution >= 4 is 23.2 Å². The van der Waals surface area contributed by atoms with Crippen LogP contribution in [0.15, 0.2) is 59.7 Å². The number of aliphatic imine (C=N–C) groups is 1. The van der Waals surface area contributed by atoms with Crippen LogP contribution in [0.2, 0.25) is 0 Å². The second-order valence-electron chi connectivity index (χ2n) is 9.49. The number of hydrogen-bond donors (Lipinski definition) is 4. The first-order valence-electron chi connectivity index (χ1n) is 13.2. The molecule has 0 unspecified atom stereocenters. The van der Waals surface area contributed by atoms with E-state index in [9.17, 15) is 0 Å². The second kappa shape index (κ2) is 11.8. The van der Waals surface area contributed by atoms with E-state index in [2.05, 4.69) is 26.7 Å². The highest BCUT2D eigenvalue weighted by molar-refractivity contribution is 5.91. The topological polar surface area (TPSA) is 141 Å². The number of unbranched alkanes of at least 4 members (excludes halogenated alkanes) is 1. The molecule has 1 aromatic carbocycles. The van der Waals surface area contributed by atoms with Crippen LogP contribution < -0.4 is 26.8 Å². The van der Waals surface area contributed by atoms with Gasteiger partial charge in [0.15, 0.2) is 5.96 Å². The Labute approximate surface area is 222 Å². The van der Waals surface area contributed by atoms with Crippen molar-refractivity contribution in [2.45, 2.75) is 44.6 Å². The maximum atomic E-state index is 5.42. The van der Waals surface area contributed by atoms with Crippen molar-refractivity contribution in [2.75, 3.05) is 30.8 Å². The van der Waals surface area contributed by atoms with E-state index in [1.807, 2.05) is 53.2 Å². The zero-order valence-corrected chi connectivity index (χ0v) is 21.7. The summed E-state index contributed by atoms with van der Waals surface area (Å²) in [5.41, 5.74) is 15.4. The molecule has 10 nitrogen and oxygen atoms in total. The molecule has 3 aromatic heterocycles. The average molecular weight is 514 g/mol. The molecule has 0 spiro atoms. The lowest BCUT2D eigenvalue weighted by Gasteiger charge is -2.12. The fourth-order valence-corrected chi connectivity index (χ4v) is 4.89. The normalized spacial score (nSPS) is 13.5. The van der Waals surface area contributed by atoms with Gasteiger partial charge in [-0.1, -0.05) is 18.9 Å². The fourth-order valence-electron chi connectivity index (χ4n) is 4.89. The van der Waals surface area contributed by atoms with Crippen molar-refractivity contribution in [1.82, 2.24) is 19.6 Å². The monoisotopic (exact) mass is 513 g/mol. The minimum Gasteiger partial charge on any atom is -0.497 e. The van der Waals surface area contributed by atoms with Crippen LogP contribution in [0.5, 0.6) is 5.75 Å². The summed E-state index contributed by atoms with van der Waals surface area (Å²) in [6.45, 7) is 1.39. The quantitative estimate of drug-likeness (QED) is 0.132. The van der Waals surface area contributed by atoms with E-state index in [1.54, 1.807) is 7.11 Å². The molecule has 38 heavy (non-hydrogen) atoms. The number of methoxy groups -OCH3 is 1. The molecule has 1 saturated carbocycles. The van der Waals surface area contributed by atoms with Crippen LogP contribution in [0.3, 0.4) is 0 Å². The van der Waals surface area contributed by atoms with Gasteiger partial charge in [0.25, 0.3) is 0 Å². The fraction of sp³-hybridized carbons (Fsp3) is 0.357. The van der Waals surface area contributed by atoms with E-state index in [1.165, 1.54) is 12.8 Å². The minimum absolute atomic E-state index is 0.129. The van der Waals surface area contributed by atoms with Gasteiger partial charge in [0.1, 0.15) is 17.3 Å². The minimum atomic E-state index is 0.129. The Morgan fingerprint density at radius 1 is 1.08 bits per heavy atom. The van der Waals surface area contributed by atoms with E-state index in [-0.39, 0.29) is 5.96 Å². The molecule has 1 fully saturated rings. The van der Waals surface area contributed by atoms with E-state index >= 15 is 0 Å². The number of hydrogen-bond acceptors (Lipinski definition) is 7. The molecule has 0 amide bonds. The molecule has 10 heteroatoms. The third-order valence-electron chi connectivity index (χ3n) is 6.81. The number of rotatable bonds is 11. The van der Waals surface area contributed by atoms with Crippen molar-refractivity contribution in [1.29, 1.82) is 0 Å². The van der Waals surface area contributed by atoms with Crippen LogP contribution in [0.25, 0.3) is 28.0 Å². The largest absolute Gasteiger partial charge is 0.497 e. The molecular formula is C28H35N9O. The van der Waals surface area contributed by atoms with E-state index in [4.69, 9.17) is 26.3 Å². The summed E-state index contributed by atoms with van der Waals surface area (Å²) in [4.78, 5) is 13.5. The summed E-state index contributed by atoms with van der Waals surface area (Å²) in [6.07, 6.45) is 8.44. The van der Waals surface area contributed by atoms with Gasteiger partial charge in [-0.2, -0.15) is 5.10 Å². The van der Waals surface area contributed by atoms with Crippen LogP contribution in [0.4, 0.5) is 11.8 Å². The SMILES string of the molecule is COc1ccc(-c2nn3c(NCCCCN=C(N)N)cccc3c2-c2ccnc(NC3CCCC3)n2)cc1. The Balaban J connectivity index is 1.50. The number of nitrogens with two attached hydrogens (primary N) is 2. The Hall–Kier alpha value is -4.34. The molecule has 0 aliphatic heterocycles. The molecule has 0 radical (unpaired) electrons. The highest BCUT2D eigenvalue weighted by atomic mass is 16.5. The maximum Gasteiger partial charge on any atom is 0.223 e. The maximum absolute atomic E-state index is 5.42. The summed E-state index contributed by atoms with van der Waals surface area (Å²) < 4.78 is 7.33. The molecule has 1 aliphatic carbocycles. The zero-order valence-electron chi connectivity index (χ0n) is 21.7. The van der Waals surface area contributed by atoms with Crippen LogP contribution in [-0.4, -0.2) is 51.8 Å². The molecular weight excluding hydrogens is 478 g/mol. The summed E-state index contributed by atoms with van der Waals surface area (Å²) in [5, 5.41) is 12.1. The molecule has 0 saturated heterocycles. The third-order valence-corrected chi connectivity index (χ3v) is 6.81. The number of pyridine rings is 1. The third kappa shape index (κ3) is 5.80. The number of anilines is 2. The Kier molecular flexibility index (Phi) is 7.86. The van der Waals surface area contributed by atoms with Crippen molar-refractivity contribution in [2.24, 2.45) is 16.5 Å². The van der Waals surface area contributed by atoms with Gasteiger partial charge in [-0.3, -0.25) is 4.99 Å². The second-order valence-corrected chi connectivity index (χ2v) is 9.49. The number of ether oxygens (including phenoxy) is 1. The molecule has 0 bridgehead atoms. The van der Waals surface area contributed by atoms with Gasteiger partial charge in [-0.15, -0.1) is 0 Å². The first kappa shape index (κ1) is 25.3. The zero-order chi connectivity index (χ0) is 26.3. The van der Waals surface area contributed by atoms with Gasteiger partial charge in [-0.05, 0) is 68.1 Å². The lowest BCUT2D eigenvalue weighted by molar-refractivity contribution is 0.415. The summed E-state index contributed by atoms with van der Waals surface area (Å²) >= 11 is 0. The molecule has 1 aliphatic rings. The average Bonchev–Trinajstić information content (AvgIpc) is 3.59. The molecule has 0 atom stereocenters. The van der Waals surface area contributed by atoms with Gasteiger partial charge in [-0.25, -0.2) is 14.5 Å². The highest BCUT2D eigenvalue weighted by Gasteiger charge is 2.21. The van der Waals surface area contributed by atoms with E-state index in [0.717, 1.165) is 71.8 Å². The van der Waals surface area contributed by atoms with Crippen molar-refractivity contribution in [3.63, 3.8) is 0 Å². The number of nitrogens with zero attached hydrogens (tertiary/aromatic N) is 5. The Morgan fingerprint density at radius 3 is 2.66 bits per heavy atom. The number of guanidine groups is 1. The van der Waals surface area contributed by atoms with Crippen molar-refractivity contribution < 1.29 is 4.74 Å². The van der Waals surface area contributed by atoms with Gasteiger partial charge >= 0.3 is 0 Å². The molecule has 198 valence electrons. The lowest BCUT2D eigenvalue weighted by atomic mass is 10.0. The Bertz CT molecular complexity index is 1390. The summed E-state index contributed by atoms with van der Waals surface area (Å²) in [7, 11) is 1.67. The Morgan fingerprint density at radius 2 is 1.89 bits per heavy atom. The van der Waals surface area contributed by atoms with E-state index in [0.29, 0.717) is 18.5 Å². The predicted molar refractivity (Wildman–Crippen MR) is 152 cm³/mol. The van der Waals surface area contributed by atoms with Crippen molar-refractivity contribution in [3.8, 4) is 28.3 Å². The number of fused-ring (bicyclic) bond motifs is 1.